The van der Waals surface area contributed by atoms with Gasteiger partial charge >= 0.3 is 5.97 Å². The fraction of sp³-hybridized carbons (Fsp3) is 0.857. The number of aliphatic carboxylic acids is 1. The van der Waals surface area contributed by atoms with Gasteiger partial charge in [-0.1, -0.05) is 0 Å². The van der Waals surface area contributed by atoms with E-state index in [1.807, 2.05) is 0 Å². The van der Waals surface area contributed by atoms with Crippen molar-refractivity contribution in [3.8, 4) is 0 Å². The van der Waals surface area contributed by atoms with Crippen LogP contribution in [0.25, 0.3) is 0 Å². The fourth-order valence-corrected chi connectivity index (χ4v) is 2.51. The molecule has 0 bridgehead atoms. The summed E-state index contributed by atoms with van der Waals surface area (Å²) in [5.41, 5.74) is 0. The highest BCUT2D eigenvalue weighted by molar-refractivity contribution is 5.76. The number of carbonyl (C=O) groups is 2. The Kier molecular flexibility index (Phi) is 6.28. The van der Waals surface area contributed by atoms with Crippen LogP contribution >= 0.6 is 0 Å². The number of hydrogen-bond acceptors (Lipinski definition) is 3. The molecular formula is C14H26N2O3. The lowest BCUT2D eigenvalue weighted by Gasteiger charge is -2.18. The topological polar surface area (TPSA) is 60.9 Å². The maximum atomic E-state index is 10.7. The normalized spacial score (nSPS) is 23.4. The molecule has 2 rings (SSSR count). The summed E-state index contributed by atoms with van der Waals surface area (Å²) in [6, 6.07) is 0.775. The molecule has 0 saturated carbocycles. The minimum absolute atomic E-state index is 0.0336. The second-order valence-corrected chi connectivity index (χ2v) is 5.63. The van der Waals surface area contributed by atoms with Gasteiger partial charge in [0, 0.05) is 26.1 Å². The average Bonchev–Trinajstić information content (AvgIpc) is 3.02. The zero-order valence-electron chi connectivity index (χ0n) is 12.3. The van der Waals surface area contributed by atoms with Gasteiger partial charge in [0.1, 0.15) is 0 Å². The van der Waals surface area contributed by atoms with E-state index < -0.39 is 5.97 Å². The highest BCUT2D eigenvalue weighted by Crippen LogP contribution is 2.15. The smallest absolute Gasteiger partial charge is 0.308 e. The molecule has 110 valence electrons. The zero-order chi connectivity index (χ0) is 14.4. The monoisotopic (exact) mass is 270 g/mol. The van der Waals surface area contributed by atoms with Crippen molar-refractivity contribution in [2.45, 2.75) is 46.1 Å². The van der Waals surface area contributed by atoms with Crippen molar-refractivity contribution < 1.29 is 14.7 Å². The lowest BCUT2D eigenvalue weighted by Crippen LogP contribution is -2.27. The Labute approximate surface area is 115 Å². The molecule has 0 spiro atoms. The number of carboxylic acid groups (broad SMARTS) is 1. The molecule has 0 aromatic carbocycles. The SMILES string of the molecule is CC(=O)N1CCC(C(=O)O)C1.CC(C)N1CCCC1. The van der Waals surface area contributed by atoms with Gasteiger partial charge in [0.05, 0.1) is 5.92 Å². The maximum absolute atomic E-state index is 10.7. The van der Waals surface area contributed by atoms with Crippen molar-refractivity contribution >= 4 is 11.9 Å². The number of amides is 1. The van der Waals surface area contributed by atoms with E-state index >= 15 is 0 Å². The fourth-order valence-electron chi connectivity index (χ4n) is 2.51. The molecule has 2 heterocycles. The molecule has 0 aliphatic carbocycles. The largest absolute Gasteiger partial charge is 0.481 e. The highest BCUT2D eigenvalue weighted by atomic mass is 16.4. The van der Waals surface area contributed by atoms with Crippen LogP contribution in [0.2, 0.25) is 0 Å². The molecule has 5 nitrogen and oxygen atoms in total. The summed E-state index contributed by atoms with van der Waals surface area (Å²) < 4.78 is 0. The van der Waals surface area contributed by atoms with E-state index in [4.69, 9.17) is 5.11 Å². The summed E-state index contributed by atoms with van der Waals surface area (Å²) in [6.07, 6.45) is 3.42. The summed E-state index contributed by atoms with van der Waals surface area (Å²) in [6.45, 7) is 9.63. The van der Waals surface area contributed by atoms with Gasteiger partial charge in [-0.25, -0.2) is 0 Å². The van der Waals surface area contributed by atoms with Gasteiger partial charge in [0.25, 0.3) is 0 Å². The second kappa shape index (κ2) is 7.48. The molecule has 1 amide bonds. The second-order valence-electron chi connectivity index (χ2n) is 5.63. The van der Waals surface area contributed by atoms with Crippen LogP contribution in [0.1, 0.15) is 40.0 Å². The Hall–Kier alpha value is -1.10. The Balaban J connectivity index is 0.000000200. The van der Waals surface area contributed by atoms with Crippen LogP contribution < -0.4 is 0 Å². The first-order valence-corrected chi connectivity index (χ1v) is 7.14. The number of hydrogen-bond donors (Lipinski definition) is 1. The first-order valence-electron chi connectivity index (χ1n) is 7.14. The van der Waals surface area contributed by atoms with Crippen molar-refractivity contribution in [1.29, 1.82) is 0 Å². The van der Waals surface area contributed by atoms with Gasteiger partial charge in [-0.3, -0.25) is 9.59 Å². The molecule has 2 fully saturated rings. The maximum Gasteiger partial charge on any atom is 0.308 e. The third kappa shape index (κ3) is 5.19. The van der Waals surface area contributed by atoms with E-state index in [9.17, 15) is 9.59 Å². The van der Waals surface area contributed by atoms with E-state index in [2.05, 4.69) is 18.7 Å². The predicted octanol–water partition coefficient (Wildman–Crippen LogP) is 1.43. The Bertz CT molecular complexity index is 292. The van der Waals surface area contributed by atoms with E-state index in [0.29, 0.717) is 19.5 Å². The van der Waals surface area contributed by atoms with E-state index in [0.717, 1.165) is 6.04 Å². The minimum Gasteiger partial charge on any atom is -0.481 e. The number of carbonyl (C=O) groups excluding carboxylic acids is 1. The molecule has 1 atom stereocenters. The van der Waals surface area contributed by atoms with Gasteiger partial charge in [-0.2, -0.15) is 0 Å². The quantitative estimate of drug-likeness (QED) is 0.824. The summed E-state index contributed by atoms with van der Waals surface area (Å²) >= 11 is 0. The summed E-state index contributed by atoms with van der Waals surface area (Å²) in [4.78, 5) is 25.3. The Morgan fingerprint density at radius 3 is 2.00 bits per heavy atom. The summed E-state index contributed by atoms with van der Waals surface area (Å²) in [5, 5.41) is 8.57. The van der Waals surface area contributed by atoms with Crippen LogP contribution in [0.4, 0.5) is 0 Å². The highest BCUT2D eigenvalue weighted by Gasteiger charge is 2.28. The van der Waals surface area contributed by atoms with Crippen molar-refractivity contribution in [3.63, 3.8) is 0 Å². The van der Waals surface area contributed by atoms with Gasteiger partial charge in [0.2, 0.25) is 5.91 Å². The number of rotatable bonds is 2. The Morgan fingerprint density at radius 2 is 1.74 bits per heavy atom. The number of likely N-dealkylation sites (tertiary alicyclic amines) is 2. The molecular weight excluding hydrogens is 244 g/mol. The van der Waals surface area contributed by atoms with E-state index in [-0.39, 0.29) is 11.8 Å². The van der Waals surface area contributed by atoms with Gasteiger partial charge in [-0.15, -0.1) is 0 Å². The molecule has 1 N–H and O–H groups in total. The average molecular weight is 270 g/mol. The molecule has 0 aromatic heterocycles. The van der Waals surface area contributed by atoms with Crippen LogP contribution in [0, 0.1) is 5.92 Å². The first kappa shape index (κ1) is 16.0. The van der Waals surface area contributed by atoms with Crippen LogP contribution in [-0.2, 0) is 9.59 Å². The van der Waals surface area contributed by atoms with Crippen LogP contribution in [0.3, 0.4) is 0 Å². The van der Waals surface area contributed by atoms with Crippen LogP contribution in [0.15, 0.2) is 0 Å². The molecule has 1 unspecified atom stereocenters. The van der Waals surface area contributed by atoms with Crippen molar-refractivity contribution in [1.82, 2.24) is 9.80 Å². The standard InChI is InChI=1S/C7H11NO3.C7H15N/c1-5(9)8-3-2-6(4-8)7(10)11;1-7(2)8-5-3-4-6-8/h6H,2-4H2,1H3,(H,10,11);7H,3-6H2,1-2H3. The molecule has 5 heteroatoms. The van der Waals surface area contributed by atoms with Gasteiger partial charge in [0.15, 0.2) is 0 Å². The molecule has 2 aliphatic heterocycles. The third-order valence-electron chi connectivity index (χ3n) is 3.85. The first-order chi connectivity index (χ1) is 8.91. The molecule has 0 aromatic rings. The lowest BCUT2D eigenvalue weighted by atomic mass is 10.1. The number of nitrogens with zero attached hydrogens (tertiary/aromatic N) is 2. The molecule has 2 saturated heterocycles. The molecule has 2 aliphatic rings. The molecule has 0 radical (unpaired) electrons. The van der Waals surface area contributed by atoms with E-state index in [1.54, 1.807) is 4.90 Å². The molecule has 19 heavy (non-hydrogen) atoms. The third-order valence-corrected chi connectivity index (χ3v) is 3.85. The minimum atomic E-state index is -0.797. The van der Waals surface area contributed by atoms with E-state index in [1.165, 1.54) is 32.9 Å². The van der Waals surface area contributed by atoms with Crippen molar-refractivity contribution in [2.24, 2.45) is 5.92 Å². The zero-order valence-corrected chi connectivity index (χ0v) is 12.3. The Morgan fingerprint density at radius 1 is 1.16 bits per heavy atom. The van der Waals surface area contributed by atoms with Gasteiger partial charge in [-0.05, 0) is 46.2 Å². The summed E-state index contributed by atoms with van der Waals surface area (Å²) in [5.74, 6) is -1.18. The summed E-state index contributed by atoms with van der Waals surface area (Å²) in [7, 11) is 0. The van der Waals surface area contributed by atoms with Gasteiger partial charge < -0.3 is 14.9 Å². The van der Waals surface area contributed by atoms with Crippen LogP contribution in [-0.4, -0.2) is 59.0 Å². The number of carboxylic acids is 1. The predicted molar refractivity (Wildman–Crippen MR) is 73.9 cm³/mol. The lowest BCUT2D eigenvalue weighted by molar-refractivity contribution is -0.141. The van der Waals surface area contributed by atoms with Crippen LogP contribution in [0.5, 0.6) is 0 Å². The van der Waals surface area contributed by atoms with Crippen molar-refractivity contribution in [2.75, 3.05) is 26.2 Å². The van der Waals surface area contributed by atoms with Crippen molar-refractivity contribution in [3.05, 3.63) is 0 Å².